The van der Waals surface area contributed by atoms with Crippen molar-refractivity contribution in [2.75, 3.05) is 6.54 Å². The molecule has 0 aliphatic rings. The lowest BCUT2D eigenvalue weighted by Crippen LogP contribution is -2.73. The maximum Gasteiger partial charge on any atom is 0.362 e. The van der Waals surface area contributed by atoms with Crippen molar-refractivity contribution in [2.24, 2.45) is 0 Å². The van der Waals surface area contributed by atoms with Crippen molar-refractivity contribution in [3.63, 3.8) is 0 Å². The topological polar surface area (TPSA) is 115 Å². The van der Waals surface area contributed by atoms with E-state index in [1.165, 1.54) is 83.5 Å². The van der Waals surface area contributed by atoms with Gasteiger partial charge in [-0.2, -0.15) is 0 Å². The molecule has 0 aromatic rings. The van der Waals surface area contributed by atoms with Gasteiger partial charge in [-0.3, -0.25) is 4.48 Å². The molecule has 0 aliphatic carbocycles. The molecule has 0 fully saturated rings. The summed E-state index contributed by atoms with van der Waals surface area (Å²) in [6.07, 6.45) is 21.3. The Balaban J connectivity index is 4.60. The van der Waals surface area contributed by atoms with Crippen LogP contribution in [0.3, 0.4) is 0 Å². The zero-order chi connectivity index (χ0) is 28.8. The third kappa shape index (κ3) is 12.9. The minimum Gasteiger partial charge on any atom is -0.544 e. The van der Waals surface area contributed by atoms with Crippen molar-refractivity contribution in [3.8, 4) is 0 Å². The number of aliphatic carboxylic acids is 3. The predicted molar refractivity (Wildman–Crippen MR) is 152 cm³/mol. The van der Waals surface area contributed by atoms with E-state index < -0.39 is 40.5 Å². The first kappa shape index (κ1) is 36.4. The molecule has 7 heteroatoms. The van der Waals surface area contributed by atoms with Gasteiger partial charge in [0.05, 0.1) is 12.5 Å². The summed E-state index contributed by atoms with van der Waals surface area (Å²) in [5, 5.41) is 32.1. The van der Waals surface area contributed by atoms with Gasteiger partial charge in [-0.15, -0.1) is 0 Å². The molecule has 2 N–H and O–H groups in total. The summed E-state index contributed by atoms with van der Waals surface area (Å²) in [6, 6.07) is -3.36. The second-order valence-electron chi connectivity index (χ2n) is 11.1. The van der Waals surface area contributed by atoms with Crippen molar-refractivity contribution in [1.29, 1.82) is 0 Å². The Morgan fingerprint density at radius 3 is 1.05 bits per heavy atom. The molecular weight excluding hydrogens is 482 g/mol. The Kier molecular flexibility index (Phi) is 21.3. The molecule has 0 saturated carbocycles. The van der Waals surface area contributed by atoms with Gasteiger partial charge >= 0.3 is 11.9 Å². The summed E-state index contributed by atoms with van der Waals surface area (Å²) in [4.78, 5) is 36.6. The van der Waals surface area contributed by atoms with Crippen LogP contribution in [0.15, 0.2) is 0 Å². The van der Waals surface area contributed by atoms with Crippen LogP contribution in [0.1, 0.15) is 156 Å². The molecule has 0 heterocycles. The number of hydrogen-bond acceptors (Lipinski definition) is 4. The minimum atomic E-state index is -1.36. The third-order valence-electron chi connectivity index (χ3n) is 8.39. The quantitative estimate of drug-likeness (QED) is 0.0882. The summed E-state index contributed by atoms with van der Waals surface area (Å²) in [6.45, 7) is 7.53. The van der Waals surface area contributed by atoms with Gasteiger partial charge in [-0.05, 0) is 12.8 Å². The zero-order valence-electron chi connectivity index (χ0n) is 25.1. The lowest BCUT2D eigenvalue weighted by Gasteiger charge is -2.51. The highest BCUT2D eigenvalue weighted by Crippen LogP contribution is 2.32. The van der Waals surface area contributed by atoms with Crippen LogP contribution in [-0.2, 0) is 14.4 Å². The highest BCUT2D eigenvalue weighted by molar-refractivity contribution is 5.77. The summed E-state index contributed by atoms with van der Waals surface area (Å²) in [7, 11) is 0. The number of carbonyl (C=O) groups excluding carboxylic acids is 1. The van der Waals surface area contributed by atoms with E-state index in [-0.39, 0.29) is 25.8 Å². The predicted octanol–water partition coefficient (Wildman–Crippen LogP) is 6.71. The van der Waals surface area contributed by atoms with Gasteiger partial charge in [0, 0.05) is 19.3 Å². The Labute approximate surface area is 233 Å². The summed E-state index contributed by atoms with van der Waals surface area (Å²) < 4.78 is -0.463. The summed E-state index contributed by atoms with van der Waals surface area (Å²) in [5.41, 5.74) is 0. The summed E-state index contributed by atoms with van der Waals surface area (Å²) in [5.74, 6) is -3.64. The normalized spacial score (nSPS) is 15.5. The lowest BCUT2D eigenvalue weighted by atomic mass is 9.93. The maximum atomic E-state index is 12.2. The fourth-order valence-electron chi connectivity index (χ4n) is 6.37. The van der Waals surface area contributed by atoms with Crippen LogP contribution in [0.2, 0.25) is 0 Å². The van der Waals surface area contributed by atoms with E-state index in [1.807, 2.05) is 0 Å². The Hall–Kier alpha value is -1.63. The van der Waals surface area contributed by atoms with Crippen LogP contribution < -0.4 is 5.11 Å². The monoisotopic (exact) mass is 541 g/mol. The molecule has 0 rings (SSSR count). The molecule has 0 bridgehead atoms. The maximum absolute atomic E-state index is 12.2. The van der Waals surface area contributed by atoms with Gasteiger partial charge in [-0.25, -0.2) is 9.59 Å². The number of carboxylic acid groups (broad SMARTS) is 3. The third-order valence-corrected chi connectivity index (χ3v) is 8.39. The average molecular weight is 542 g/mol. The minimum absolute atomic E-state index is 0.134. The number of hydrogen-bond donors (Lipinski definition) is 2. The fourth-order valence-corrected chi connectivity index (χ4v) is 6.37. The standard InChI is InChI=1S/C31H59NO6/c1-5-9-10-11-12-13-14-15-16-17-18-19-20-21-22-23-24-25-32(26(6-2)29(33)34,27(7-3)30(35)36)28(8-4)31(37)38/h26-28H,5-25H2,1-4H3,(H2-,33,34,35,36,37,38). The van der Waals surface area contributed by atoms with Crippen molar-refractivity contribution in [1.82, 2.24) is 0 Å². The first-order chi connectivity index (χ1) is 18.2. The van der Waals surface area contributed by atoms with Gasteiger partial charge in [0.25, 0.3) is 0 Å². The second-order valence-corrected chi connectivity index (χ2v) is 11.1. The molecule has 0 saturated heterocycles. The zero-order valence-corrected chi connectivity index (χ0v) is 25.1. The lowest BCUT2D eigenvalue weighted by molar-refractivity contribution is -0.974. The van der Waals surface area contributed by atoms with Crippen molar-refractivity contribution in [3.05, 3.63) is 0 Å². The van der Waals surface area contributed by atoms with Crippen LogP contribution in [-0.4, -0.2) is 57.3 Å². The van der Waals surface area contributed by atoms with Crippen molar-refractivity contribution < 1.29 is 34.2 Å². The van der Waals surface area contributed by atoms with Crippen LogP contribution in [0.4, 0.5) is 0 Å². The largest absolute Gasteiger partial charge is 0.544 e. The van der Waals surface area contributed by atoms with E-state index >= 15 is 0 Å². The number of carboxylic acids is 3. The Bertz CT molecular complexity index is 583. The Morgan fingerprint density at radius 2 is 0.816 bits per heavy atom. The van der Waals surface area contributed by atoms with Crippen LogP contribution in [0.5, 0.6) is 0 Å². The second kappa shape index (κ2) is 22.2. The molecular formula is C31H59NO6. The summed E-state index contributed by atoms with van der Waals surface area (Å²) >= 11 is 0. The highest BCUT2D eigenvalue weighted by Gasteiger charge is 2.53. The Morgan fingerprint density at radius 1 is 0.526 bits per heavy atom. The van der Waals surface area contributed by atoms with Crippen molar-refractivity contribution in [2.45, 2.75) is 174 Å². The van der Waals surface area contributed by atoms with E-state index in [0.717, 1.165) is 19.3 Å². The molecule has 3 atom stereocenters. The van der Waals surface area contributed by atoms with E-state index in [2.05, 4.69) is 6.92 Å². The highest BCUT2D eigenvalue weighted by atomic mass is 16.4. The SMILES string of the molecule is CCCCCCCCCCCCCCCCCCC[N+](C(CC)C(=O)[O-])(C(CC)C(=O)O)C(CC)C(=O)O. The van der Waals surface area contributed by atoms with Crippen LogP contribution in [0.25, 0.3) is 0 Å². The number of unbranched alkanes of at least 4 members (excludes halogenated alkanes) is 16. The van der Waals surface area contributed by atoms with Gasteiger partial charge in [0.15, 0.2) is 12.1 Å². The van der Waals surface area contributed by atoms with Gasteiger partial charge in [0.1, 0.15) is 6.04 Å². The van der Waals surface area contributed by atoms with E-state index in [4.69, 9.17) is 0 Å². The molecule has 224 valence electrons. The molecule has 38 heavy (non-hydrogen) atoms. The number of quaternary nitrogens is 1. The molecule has 0 radical (unpaired) electrons. The molecule has 0 amide bonds. The number of carbonyl (C=O) groups is 3. The molecule has 7 nitrogen and oxygen atoms in total. The molecule has 0 aliphatic heterocycles. The van der Waals surface area contributed by atoms with Gasteiger partial charge in [0.2, 0.25) is 0 Å². The smallest absolute Gasteiger partial charge is 0.362 e. The van der Waals surface area contributed by atoms with Crippen molar-refractivity contribution >= 4 is 17.9 Å². The van der Waals surface area contributed by atoms with E-state index in [0.29, 0.717) is 6.42 Å². The van der Waals surface area contributed by atoms with Gasteiger partial charge in [-0.1, -0.05) is 124 Å². The van der Waals surface area contributed by atoms with Gasteiger partial charge < -0.3 is 20.1 Å². The number of nitrogens with zero attached hydrogens (tertiary/aromatic N) is 1. The molecule has 3 unspecified atom stereocenters. The number of rotatable bonds is 27. The van der Waals surface area contributed by atoms with Crippen LogP contribution >= 0.6 is 0 Å². The van der Waals surface area contributed by atoms with Crippen LogP contribution in [0, 0.1) is 0 Å². The first-order valence-corrected chi connectivity index (χ1v) is 15.8. The van der Waals surface area contributed by atoms with E-state index in [1.54, 1.807) is 20.8 Å². The van der Waals surface area contributed by atoms with E-state index in [9.17, 15) is 29.7 Å². The average Bonchev–Trinajstić information content (AvgIpc) is 2.86. The first-order valence-electron chi connectivity index (χ1n) is 15.8. The fraction of sp³-hybridized carbons (Fsp3) is 0.903. The molecule has 0 aromatic carbocycles. The molecule has 0 spiro atoms. The molecule has 0 aromatic heterocycles.